The molecule has 0 N–H and O–H groups in total. The number of carbonyl (C=O) groups is 1. The van der Waals surface area contributed by atoms with Gasteiger partial charge < -0.3 is 18.9 Å². The lowest BCUT2D eigenvalue weighted by Gasteiger charge is -2.31. The fourth-order valence-corrected chi connectivity index (χ4v) is 2.25. The van der Waals surface area contributed by atoms with Crippen molar-refractivity contribution in [3.8, 4) is 0 Å². The Morgan fingerprint density at radius 3 is 3.05 bits per heavy atom. The molecular formula is C12H19N3O4. The maximum absolute atomic E-state index is 11.8. The van der Waals surface area contributed by atoms with Crippen molar-refractivity contribution in [2.45, 2.75) is 25.4 Å². The number of hydrogen-bond acceptors (Lipinski definition) is 6. The Morgan fingerprint density at radius 1 is 1.47 bits per heavy atom. The van der Waals surface area contributed by atoms with Crippen LogP contribution in [0.25, 0.3) is 0 Å². The molecule has 2 rings (SSSR count). The van der Waals surface area contributed by atoms with Gasteiger partial charge in [-0.2, -0.15) is 4.98 Å². The average molecular weight is 269 g/mol. The number of amides is 1. The molecule has 1 amide bonds. The van der Waals surface area contributed by atoms with E-state index in [1.807, 2.05) is 0 Å². The zero-order valence-corrected chi connectivity index (χ0v) is 11.3. The molecule has 1 fully saturated rings. The van der Waals surface area contributed by atoms with Crippen molar-refractivity contribution in [3.63, 3.8) is 0 Å². The van der Waals surface area contributed by atoms with Gasteiger partial charge in [-0.1, -0.05) is 5.16 Å². The van der Waals surface area contributed by atoms with Crippen molar-refractivity contribution in [3.05, 3.63) is 11.7 Å². The summed E-state index contributed by atoms with van der Waals surface area (Å²) in [5, 5.41) is 3.96. The molecule has 0 aromatic carbocycles. The second-order valence-corrected chi connectivity index (χ2v) is 4.59. The van der Waals surface area contributed by atoms with Crippen molar-refractivity contribution >= 4 is 5.91 Å². The SMILES string of the molecule is COCC(=O)N1CCCC(c2noc(COC)n2)C1. The zero-order chi connectivity index (χ0) is 13.7. The van der Waals surface area contributed by atoms with E-state index in [1.165, 1.54) is 7.11 Å². The lowest BCUT2D eigenvalue weighted by atomic mass is 9.97. The lowest BCUT2D eigenvalue weighted by Crippen LogP contribution is -2.41. The van der Waals surface area contributed by atoms with Gasteiger partial charge in [-0.15, -0.1) is 0 Å². The molecule has 0 aliphatic carbocycles. The molecule has 19 heavy (non-hydrogen) atoms. The van der Waals surface area contributed by atoms with Gasteiger partial charge in [0.1, 0.15) is 13.2 Å². The third-order valence-electron chi connectivity index (χ3n) is 3.16. The van der Waals surface area contributed by atoms with E-state index in [-0.39, 0.29) is 18.4 Å². The molecule has 1 aromatic rings. The van der Waals surface area contributed by atoms with E-state index in [1.54, 1.807) is 12.0 Å². The molecule has 1 aliphatic heterocycles. The molecule has 7 heteroatoms. The number of nitrogens with zero attached hydrogens (tertiary/aromatic N) is 3. The van der Waals surface area contributed by atoms with Gasteiger partial charge in [0.25, 0.3) is 5.89 Å². The molecule has 106 valence electrons. The summed E-state index contributed by atoms with van der Waals surface area (Å²) >= 11 is 0. The summed E-state index contributed by atoms with van der Waals surface area (Å²) in [7, 11) is 3.10. The molecule has 2 heterocycles. The van der Waals surface area contributed by atoms with Crippen molar-refractivity contribution in [2.24, 2.45) is 0 Å². The lowest BCUT2D eigenvalue weighted by molar-refractivity contribution is -0.136. The normalized spacial score (nSPS) is 19.7. The monoisotopic (exact) mass is 269 g/mol. The van der Waals surface area contributed by atoms with E-state index < -0.39 is 0 Å². The predicted octanol–water partition coefficient (Wildman–Crippen LogP) is 0.568. The van der Waals surface area contributed by atoms with Crippen molar-refractivity contribution in [1.82, 2.24) is 15.0 Å². The van der Waals surface area contributed by atoms with Crippen molar-refractivity contribution < 1.29 is 18.8 Å². The summed E-state index contributed by atoms with van der Waals surface area (Å²) in [5.74, 6) is 1.26. The molecule has 0 bridgehead atoms. The third-order valence-corrected chi connectivity index (χ3v) is 3.16. The van der Waals surface area contributed by atoms with Crippen LogP contribution in [0.1, 0.15) is 30.5 Å². The molecule has 1 aromatic heterocycles. The molecule has 0 saturated carbocycles. The number of carbonyl (C=O) groups excluding carboxylic acids is 1. The van der Waals surface area contributed by atoms with Gasteiger partial charge in [0.2, 0.25) is 5.91 Å². The fourth-order valence-electron chi connectivity index (χ4n) is 2.25. The summed E-state index contributed by atoms with van der Waals surface area (Å²) in [6, 6.07) is 0. The summed E-state index contributed by atoms with van der Waals surface area (Å²) in [5.41, 5.74) is 0. The topological polar surface area (TPSA) is 77.7 Å². The Hall–Kier alpha value is -1.47. The summed E-state index contributed by atoms with van der Waals surface area (Å²) in [6.45, 7) is 1.82. The Bertz CT molecular complexity index is 421. The molecule has 1 unspecified atom stereocenters. The number of hydrogen-bond donors (Lipinski definition) is 0. The summed E-state index contributed by atoms with van der Waals surface area (Å²) in [6.07, 6.45) is 1.90. The van der Waals surface area contributed by atoms with Gasteiger partial charge in [0.15, 0.2) is 5.82 Å². The fraction of sp³-hybridized carbons (Fsp3) is 0.750. The van der Waals surface area contributed by atoms with Gasteiger partial charge in [-0.25, -0.2) is 0 Å². The van der Waals surface area contributed by atoms with Crippen LogP contribution in [0.5, 0.6) is 0 Å². The zero-order valence-electron chi connectivity index (χ0n) is 11.3. The second kappa shape index (κ2) is 6.63. The smallest absolute Gasteiger partial charge is 0.252 e. The second-order valence-electron chi connectivity index (χ2n) is 4.59. The largest absolute Gasteiger partial charge is 0.375 e. The molecular weight excluding hydrogens is 250 g/mol. The highest BCUT2D eigenvalue weighted by molar-refractivity contribution is 5.77. The van der Waals surface area contributed by atoms with Gasteiger partial charge in [-0.3, -0.25) is 4.79 Å². The van der Waals surface area contributed by atoms with Crippen LogP contribution in [0, 0.1) is 0 Å². The molecule has 0 radical (unpaired) electrons. The Morgan fingerprint density at radius 2 is 2.32 bits per heavy atom. The van der Waals surface area contributed by atoms with Crippen LogP contribution < -0.4 is 0 Å². The van der Waals surface area contributed by atoms with E-state index in [4.69, 9.17) is 14.0 Å². The first kappa shape index (κ1) is 14.0. The van der Waals surface area contributed by atoms with Crippen LogP contribution in [-0.4, -0.2) is 54.9 Å². The van der Waals surface area contributed by atoms with Gasteiger partial charge in [0.05, 0.1) is 0 Å². The van der Waals surface area contributed by atoms with E-state index >= 15 is 0 Å². The van der Waals surface area contributed by atoms with E-state index in [0.717, 1.165) is 19.4 Å². The third kappa shape index (κ3) is 3.51. The van der Waals surface area contributed by atoms with Crippen LogP contribution >= 0.6 is 0 Å². The number of aromatic nitrogens is 2. The standard InChI is InChI=1S/C12H19N3O4/c1-17-7-10-13-12(14-19-10)9-4-3-5-15(6-9)11(16)8-18-2/h9H,3-8H2,1-2H3. The number of methoxy groups -OCH3 is 2. The van der Waals surface area contributed by atoms with Gasteiger partial charge in [0, 0.05) is 33.2 Å². The quantitative estimate of drug-likeness (QED) is 0.777. The van der Waals surface area contributed by atoms with Gasteiger partial charge in [-0.05, 0) is 12.8 Å². The number of likely N-dealkylation sites (tertiary alicyclic amines) is 1. The molecule has 0 spiro atoms. The predicted molar refractivity (Wildman–Crippen MR) is 65.4 cm³/mol. The molecule has 1 aliphatic rings. The van der Waals surface area contributed by atoms with Crippen molar-refractivity contribution in [1.29, 1.82) is 0 Å². The maximum atomic E-state index is 11.8. The van der Waals surface area contributed by atoms with Crippen LogP contribution in [0.4, 0.5) is 0 Å². The molecule has 1 saturated heterocycles. The van der Waals surface area contributed by atoms with Gasteiger partial charge >= 0.3 is 0 Å². The summed E-state index contributed by atoms with van der Waals surface area (Å²) in [4.78, 5) is 17.9. The van der Waals surface area contributed by atoms with Crippen LogP contribution in [0.2, 0.25) is 0 Å². The van der Waals surface area contributed by atoms with Crippen molar-refractivity contribution in [2.75, 3.05) is 33.9 Å². The average Bonchev–Trinajstić information content (AvgIpc) is 2.88. The first-order chi connectivity index (χ1) is 9.24. The highest BCUT2D eigenvalue weighted by Gasteiger charge is 2.27. The number of ether oxygens (including phenoxy) is 2. The minimum Gasteiger partial charge on any atom is -0.375 e. The van der Waals surface area contributed by atoms with Crippen LogP contribution in [-0.2, 0) is 20.9 Å². The Labute approximate surface area is 111 Å². The van der Waals surface area contributed by atoms with E-state index in [9.17, 15) is 4.79 Å². The minimum absolute atomic E-state index is 0.00723. The Kier molecular flexibility index (Phi) is 4.86. The van der Waals surface area contributed by atoms with E-state index in [2.05, 4.69) is 10.1 Å². The number of piperidine rings is 1. The first-order valence-electron chi connectivity index (χ1n) is 6.32. The van der Waals surface area contributed by atoms with Crippen LogP contribution in [0.3, 0.4) is 0 Å². The Balaban J connectivity index is 1.97. The van der Waals surface area contributed by atoms with Crippen LogP contribution in [0.15, 0.2) is 4.52 Å². The highest BCUT2D eigenvalue weighted by Crippen LogP contribution is 2.25. The molecule has 1 atom stereocenters. The number of rotatable bonds is 5. The maximum Gasteiger partial charge on any atom is 0.252 e. The summed E-state index contributed by atoms with van der Waals surface area (Å²) < 4.78 is 14.9. The van der Waals surface area contributed by atoms with E-state index in [0.29, 0.717) is 24.9 Å². The highest BCUT2D eigenvalue weighted by atomic mass is 16.5. The minimum atomic E-state index is 0.00723. The molecule has 7 nitrogen and oxygen atoms in total. The first-order valence-corrected chi connectivity index (χ1v) is 6.32.